The normalized spacial score (nSPS) is 23.7. The van der Waals surface area contributed by atoms with Crippen LogP contribution in [0.25, 0.3) is 0 Å². The van der Waals surface area contributed by atoms with Crippen LogP contribution in [0.5, 0.6) is 0 Å². The number of nitrogens with zero attached hydrogens (tertiary/aromatic N) is 4. The van der Waals surface area contributed by atoms with Crippen molar-refractivity contribution in [3.8, 4) is 0 Å². The van der Waals surface area contributed by atoms with Crippen LogP contribution in [0.1, 0.15) is 30.2 Å². The molecule has 108 valence electrons. The van der Waals surface area contributed by atoms with E-state index in [9.17, 15) is 0 Å². The zero-order valence-electron chi connectivity index (χ0n) is 11.9. The summed E-state index contributed by atoms with van der Waals surface area (Å²) in [4.78, 5) is 9.04. The Bertz CT molecular complexity index is 399. The molecule has 0 aliphatic carbocycles. The van der Waals surface area contributed by atoms with Gasteiger partial charge in [0.25, 0.3) is 0 Å². The lowest BCUT2D eigenvalue weighted by atomic mass is 10.2. The van der Waals surface area contributed by atoms with E-state index in [4.69, 9.17) is 10.3 Å². The van der Waals surface area contributed by atoms with Gasteiger partial charge in [-0.05, 0) is 32.5 Å². The summed E-state index contributed by atoms with van der Waals surface area (Å²) in [6.45, 7) is 3.02. The van der Waals surface area contributed by atoms with Gasteiger partial charge in [-0.3, -0.25) is 4.90 Å². The molecule has 1 fully saturated rings. The van der Waals surface area contributed by atoms with E-state index in [0.29, 0.717) is 5.89 Å². The number of aromatic nitrogens is 2. The Morgan fingerprint density at radius 3 is 3.00 bits per heavy atom. The van der Waals surface area contributed by atoms with E-state index in [2.05, 4.69) is 40.3 Å². The summed E-state index contributed by atoms with van der Waals surface area (Å²) in [7, 11) is 4.21. The second-order valence-electron chi connectivity index (χ2n) is 5.14. The van der Waals surface area contributed by atoms with E-state index < -0.39 is 0 Å². The van der Waals surface area contributed by atoms with E-state index >= 15 is 0 Å². The van der Waals surface area contributed by atoms with E-state index in [1.807, 2.05) is 0 Å². The standard InChI is InChI=1S/C12H23N5OS/c1-16-5-6-17(2)10(8-16)11-14-12(18-15-11)9(13)4-7-19-3/h9-10H,4-8,13H2,1-3H3. The highest BCUT2D eigenvalue weighted by Gasteiger charge is 2.28. The Kier molecular flexibility index (Phi) is 5.20. The molecule has 1 aliphatic rings. The Hall–Kier alpha value is -0.630. The van der Waals surface area contributed by atoms with Crippen LogP contribution in [0.3, 0.4) is 0 Å². The fraction of sp³-hybridized carbons (Fsp3) is 0.833. The quantitative estimate of drug-likeness (QED) is 0.855. The fourth-order valence-corrected chi connectivity index (χ4v) is 2.68. The smallest absolute Gasteiger partial charge is 0.243 e. The maximum atomic E-state index is 6.05. The molecule has 0 bridgehead atoms. The number of hydrogen-bond donors (Lipinski definition) is 1. The van der Waals surface area contributed by atoms with Gasteiger partial charge in [0.15, 0.2) is 5.82 Å². The first-order valence-electron chi connectivity index (χ1n) is 6.58. The average molecular weight is 285 g/mol. The van der Waals surface area contributed by atoms with Gasteiger partial charge >= 0.3 is 0 Å². The molecule has 2 N–H and O–H groups in total. The third kappa shape index (κ3) is 3.68. The summed E-state index contributed by atoms with van der Waals surface area (Å²) in [5.74, 6) is 2.32. The molecule has 1 aromatic rings. The van der Waals surface area contributed by atoms with Gasteiger partial charge < -0.3 is 15.2 Å². The monoisotopic (exact) mass is 285 g/mol. The van der Waals surface area contributed by atoms with Crippen LogP contribution in [0, 0.1) is 0 Å². The van der Waals surface area contributed by atoms with Gasteiger partial charge in [0.1, 0.15) is 0 Å². The average Bonchev–Trinajstić information content (AvgIpc) is 2.88. The molecule has 19 heavy (non-hydrogen) atoms. The number of hydrogen-bond acceptors (Lipinski definition) is 7. The van der Waals surface area contributed by atoms with Crippen LogP contribution < -0.4 is 5.73 Å². The van der Waals surface area contributed by atoms with Crippen molar-refractivity contribution in [3.63, 3.8) is 0 Å². The van der Waals surface area contributed by atoms with Crippen molar-refractivity contribution >= 4 is 11.8 Å². The maximum Gasteiger partial charge on any atom is 0.243 e. The third-order valence-corrected chi connectivity index (χ3v) is 4.20. The minimum atomic E-state index is -0.152. The molecule has 2 unspecified atom stereocenters. The Labute approximate surface area is 118 Å². The highest BCUT2D eigenvalue weighted by molar-refractivity contribution is 7.98. The first kappa shape index (κ1) is 14.8. The lowest BCUT2D eigenvalue weighted by Crippen LogP contribution is -2.45. The Morgan fingerprint density at radius 1 is 1.47 bits per heavy atom. The van der Waals surface area contributed by atoms with Gasteiger partial charge in [-0.1, -0.05) is 5.16 Å². The van der Waals surface area contributed by atoms with Gasteiger partial charge in [0.05, 0.1) is 12.1 Å². The molecule has 0 saturated carbocycles. The summed E-state index contributed by atoms with van der Waals surface area (Å²) < 4.78 is 5.32. The predicted octanol–water partition coefficient (Wildman–Crippen LogP) is 0.741. The fourth-order valence-electron chi connectivity index (χ4n) is 2.19. The van der Waals surface area contributed by atoms with E-state index in [-0.39, 0.29) is 12.1 Å². The van der Waals surface area contributed by atoms with E-state index in [1.165, 1.54) is 0 Å². The van der Waals surface area contributed by atoms with Crippen LogP contribution in [0.2, 0.25) is 0 Å². The first-order valence-corrected chi connectivity index (χ1v) is 7.98. The molecule has 0 radical (unpaired) electrons. The minimum Gasteiger partial charge on any atom is -0.338 e. The highest BCUT2D eigenvalue weighted by atomic mass is 32.2. The highest BCUT2D eigenvalue weighted by Crippen LogP contribution is 2.22. The molecule has 0 amide bonds. The zero-order valence-corrected chi connectivity index (χ0v) is 12.7. The molecule has 0 spiro atoms. The molecule has 7 heteroatoms. The Balaban J connectivity index is 2.03. The summed E-state index contributed by atoms with van der Waals surface area (Å²) in [6, 6.07) is 0.0457. The Morgan fingerprint density at radius 2 is 2.26 bits per heavy atom. The molecule has 1 aromatic heterocycles. The van der Waals surface area contributed by atoms with Crippen molar-refractivity contribution in [2.45, 2.75) is 18.5 Å². The van der Waals surface area contributed by atoms with E-state index in [1.54, 1.807) is 11.8 Å². The molecule has 0 aromatic carbocycles. The predicted molar refractivity (Wildman–Crippen MR) is 77.1 cm³/mol. The molecule has 6 nitrogen and oxygen atoms in total. The minimum absolute atomic E-state index is 0.152. The van der Waals surface area contributed by atoms with Gasteiger partial charge in [-0.2, -0.15) is 16.7 Å². The van der Waals surface area contributed by atoms with Gasteiger partial charge in [-0.25, -0.2) is 0 Å². The van der Waals surface area contributed by atoms with Crippen molar-refractivity contribution in [2.75, 3.05) is 45.7 Å². The van der Waals surface area contributed by atoms with Crippen LogP contribution in [-0.2, 0) is 0 Å². The third-order valence-electron chi connectivity index (χ3n) is 3.56. The van der Waals surface area contributed by atoms with Crippen molar-refractivity contribution in [2.24, 2.45) is 5.73 Å². The molecule has 1 saturated heterocycles. The molecule has 2 atom stereocenters. The number of likely N-dealkylation sites (N-methyl/N-ethyl adjacent to an activating group) is 2. The lowest BCUT2D eigenvalue weighted by molar-refractivity contribution is 0.108. The first-order chi connectivity index (χ1) is 9.11. The van der Waals surface area contributed by atoms with Crippen molar-refractivity contribution in [1.82, 2.24) is 19.9 Å². The number of piperazine rings is 1. The van der Waals surface area contributed by atoms with Gasteiger partial charge in [-0.15, -0.1) is 0 Å². The topological polar surface area (TPSA) is 71.4 Å². The van der Waals surface area contributed by atoms with Gasteiger partial charge in [0.2, 0.25) is 5.89 Å². The summed E-state index contributed by atoms with van der Waals surface area (Å²) in [5, 5.41) is 4.11. The SMILES string of the molecule is CSCCC(N)c1nc(C2CN(C)CCN2C)no1. The molecule has 2 rings (SSSR count). The zero-order chi connectivity index (χ0) is 13.8. The van der Waals surface area contributed by atoms with Crippen molar-refractivity contribution < 1.29 is 4.52 Å². The summed E-state index contributed by atoms with van der Waals surface area (Å²) >= 11 is 1.78. The number of thioether (sulfide) groups is 1. The van der Waals surface area contributed by atoms with Crippen LogP contribution in [0.4, 0.5) is 0 Å². The molecular weight excluding hydrogens is 262 g/mol. The second kappa shape index (κ2) is 6.69. The molecule has 2 heterocycles. The number of nitrogens with two attached hydrogens (primary N) is 1. The van der Waals surface area contributed by atoms with Crippen molar-refractivity contribution in [1.29, 1.82) is 0 Å². The van der Waals surface area contributed by atoms with E-state index in [0.717, 1.165) is 37.6 Å². The maximum absolute atomic E-state index is 6.05. The largest absolute Gasteiger partial charge is 0.338 e. The summed E-state index contributed by atoms with van der Waals surface area (Å²) in [5.41, 5.74) is 6.05. The van der Waals surface area contributed by atoms with Gasteiger partial charge in [0, 0.05) is 19.6 Å². The number of rotatable bonds is 5. The lowest BCUT2D eigenvalue weighted by Gasteiger charge is -2.35. The molecular formula is C12H23N5OS. The molecule has 1 aliphatic heterocycles. The van der Waals surface area contributed by atoms with Crippen LogP contribution in [-0.4, -0.2) is 65.7 Å². The van der Waals surface area contributed by atoms with Crippen LogP contribution >= 0.6 is 11.8 Å². The second-order valence-corrected chi connectivity index (χ2v) is 6.12. The van der Waals surface area contributed by atoms with Crippen molar-refractivity contribution in [3.05, 3.63) is 11.7 Å². The van der Waals surface area contributed by atoms with Crippen LogP contribution in [0.15, 0.2) is 4.52 Å². The summed E-state index contributed by atoms with van der Waals surface area (Å²) in [6.07, 6.45) is 2.93.